The monoisotopic (exact) mass is 317 g/mol. The lowest BCUT2D eigenvalue weighted by molar-refractivity contribution is -0.384. The van der Waals surface area contributed by atoms with E-state index in [9.17, 15) is 28.1 Å². The number of nitrogens with zero attached hydrogens (tertiary/aromatic N) is 3. The first-order valence-electron chi connectivity index (χ1n) is 6.53. The number of hydrogen-bond donors (Lipinski definition) is 0. The smallest absolute Gasteiger partial charge is 0.363 e. The van der Waals surface area contributed by atoms with Crippen LogP contribution in [-0.2, 0) is 6.18 Å². The molecule has 22 heavy (non-hydrogen) atoms. The van der Waals surface area contributed by atoms with Gasteiger partial charge in [0.2, 0.25) is 0 Å². The van der Waals surface area contributed by atoms with Crippen LogP contribution < -0.4 is 4.90 Å². The number of nitro benzene ring substituents is 1. The van der Waals surface area contributed by atoms with E-state index >= 15 is 0 Å². The largest absolute Gasteiger partial charge is 0.419 e. The van der Waals surface area contributed by atoms with Gasteiger partial charge in [0.1, 0.15) is 5.69 Å². The number of aldehydes is 1. The normalized spacial score (nSPS) is 16.6. The number of anilines is 1. The Morgan fingerprint density at radius 3 is 2.27 bits per heavy atom. The number of benzene rings is 1. The molecule has 1 heterocycles. The fourth-order valence-corrected chi connectivity index (χ4v) is 2.49. The van der Waals surface area contributed by atoms with Gasteiger partial charge in [0.15, 0.2) is 6.29 Å². The molecule has 0 saturated carbocycles. The average molecular weight is 317 g/mol. The van der Waals surface area contributed by atoms with Gasteiger partial charge in [-0.15, -0.1) is 0 Å². The van der Waals surface area contributed by atoms with E-state index in [0.29, 0.717) is 13.1 Å². The number of likely N-dealkylation sites (N-methyl/N-ethyl adjacent to an activating group) is 1. The van der Waals surface area contributed by atoms with Crippen molar-refractivity contribution in [2.75, 3.05) is 38.1 Å². The highest BCUT2D eigenvalue weighted by Crippen LogP contribution is 2.43. The summed E-state index contributed by atoms with van der Waals surface area (Å²) in [4.78, 5) is 24.5. The molecule has 0 aliphatic carbocycles. The summed E-state index contributed by atoms with van der Waals surface area (Å²) in [6, 6.07) is 1.79. The molecule has 120 valence electrons. The molecule has 0 unspecified atom stereocenters. The van der Waals surface area contributed by atoms with Gasteiger partial charge in [-0.1, -0.05) is 0 Å². The van der Waals surface area contributed by atoms with Crippen LogP contribution in [0, 0.1) is 10.1 Å². The van der Waals surface area contributed by atoms with E-state index in [1.165, 1.54) is 4.90 Å². The van der Waals surface area contributed by atoms with Crippen LogP contribution in [0.2, 0.25) is 0 Å². The Bertz CT molecular complexity index is 596. The summed E-state index contributed by atoms with van der Waals surface area (Å²) in [6.45, 7) is 1.42. The lowest BCUT2D eigenvalue weighted by Crippen LogP contribution is -2.45. The van der Waals surface area contributed by atoms with E-state index in [2.05, 4.69) is 0 Å². The third-order valence-corrected chi connectivity index (χ3v) is 3.62. The minimum absolute atomic E-state index is 0.0755. The van der Waals surface area contributed by atoms with Crippen molar-refractivity contribution in [3.05, 3.63) is 33.4 Å². The number of nitro groups is 1. The Labute approximate surface area is 124 Å². The standard InChI is InChI=1S/C13H14F3N3O3/c1-17-4-6-18(7-5-17)12-10(19(21)22)3-2-9(8-20)11(12)13(14,15)16/h2-3,8H,4-7H2,1H3. The first-order chi connectivity index (χ1) is 10.3. The molecule has 0 aromatic heterocycles. The van der Waals surface area contributed by atoms with Crippen molar-refractivity contribution < 1.29 is 22.9 Å². The summed E-state index contributed by atoms with van der Waals surface area (Å²) in [7, 11) is 1.82. The Hall–Kier alpha value is -2.16. The maximum absolute atomic E-state index is 13.4. The lowest BCUT2D eigenvalue weighted by Gasteiger charge is -2.35. The van der Waals surface area contributed by atoms with Crippen molar-refractivity contribution in [3.8, 4) is 0 Å². The van der Waals surface area contributed by atoms with Gasteiger partial charge in [-0.2, -0.15) is 13.2 Å². The van der Waals surface area contributed by atoms with E-state index in [0.717, 1.165) is 12.1 Å². The highest BCUT2D eigenvalue weighted by molar-refractivity contribution is 5.85. The van der Waals surface area contributed by atoms with Crippen molar-refractivity contribution in [3.63, 3.8) is 0 Å². The van der Waals surface area contributed by atoms with Crippen LogP contribution in [0.3, 0.4) is 0 Å². The van der Waals surface area contributed by atoms with Crippen LogP contribution in [0.4, 0.5) is 24.5 Å². The second-order valence-electron chi connectivity index (χ2n) is 5.06. The third-order valence-electron chi connectivity index (χ3n) is 3.62. The van der Waals surface area contributed by atoms with Gasteiger partial charge in [0.05, 0.1) is 10.5 Å². The highest BCUT2D eigenvalue weighted by Gasteiger charge is 2.41. The molecule has 1 aliphatic rings. The maximum Gasteiger partial charge on any atom is 0.419 e. The molecule has 1 aromatic carbocycles. The number of alkyl halides is 3. The third kappa shape index (κ3) is 3.03. The summed E-state index contributed by atoms with van der Waals surface area (Å²) < 4.78 is 40.1. The van der Waals surface area contributed by atoms with Gasteiger partial charge in [-0.25, -0.2) is 0 Å². The summed E-state index contributed by atoms with van der Waals surface area (Å²) >= 11 is 0. The van der Waals surface area contributed by atoms with E-state index in [4.69, 9.17) is 0 Å². The maximum atomic E-state index is 13.4. The molecule has 1 aliphatic heterocycles. The molecule has 0 N–H and O–H groups in total. The Morgan fingerprint density at radius 1 is 1.23 bits per heavy atom. The summed E-state index contributed by atoms with van der Waals surface area (Å²) in [6.07, 6.45) is -4.77. The fourth-order valence-electron chi connectivity index (χ4n) is 2.49. The molecule has 6 nitrogen and oxygen atoms in total. The first-order valence-corrected chi connectivity index (χ1v) is 6.53. The molecule has 1 aromatic rings. The van der Waals surface area contributed by atoms with Crippen molar-refractivity contribution in [2.45, 2.75) is 6.18 Å². The molecule has 9 heteroatoms. The van der Waals surface area contributed by atoms with E-state index < -0.39 is 33.6 Å². The number of rotatable bonds is 3. The average Bonchev–Trinajstić information content (AvgIpc) is 2.45. The van der Waals surface area contributed by atoms with Crippen LogP contribution in [0.25, 0.3) is 0 Å². The van der Waals surface area contributed by atoms with E-state index in [-0.39, 0.29) is 19.4 Å². The van der Waals surface area contributed by atoms with Crippen molar-refractivity contribution in [1.29, 1.82) is 0 Å². The van der Waals surface area contributed by atoms with Crippen LogP contribution in [0.15, 0.2) is 12.1 Å². The number of carbonyl (C=O) groups excluding carboxylic acids is 1. The molecule has 0 radical (unpaired) electrons. The van der Waals surface area contributed by atoms with Gasteiger partial charge in [-0.3, -0.25) is 14.9 Å². The number of carbonyl (C=O) groups is 1. The predicted molar refractivity (Wildman–Crippen MR) is 73.2 cm³/mol. The molecule has 0 spiro atoms. The topological polar surface area (TPSA) is 66.7 Å². The molecular weight excluding hydrogens is 303 g/mol. The van der Waals surface area contributed by atoms with Gasteiger partial charge in [-0.05, 0) is 13.1 Å². The Kier molecular flexibility index (Phi) is 4.36. The summed E-state index contributed by atoms with van der Waals surface area (Å²) in [5.41, 5.74) is -2.98. The van der Waals surface area contributed by atoms with Crippen LogP contribution >= 0.6 is 0 Å². The molecule has 2 rings (SSSR count). The van der Waals surface area contributed by atoms with Gasteiger partial charge >= 0.3 is 6.18 Å². The lowest BCUT2D eigenvalue weighted by atomic mass is 10.0. The van der Waals surface area contributed by atoms with Gasteiger partial charge < -0.3 is 9.80 Å². The Balaban J connectivity index is 2.65. The van der Waals surface area contributed by atoms with Crippen molar-refractivity contribution >= 4 is 17.7 Å². The number of piperazine rings is 1. The minimum atomic E-state index is -4.85. The molecule has 0 bridgehead atoms. The van der Waals surface area contributed by atoms with Gasteiger partial charge in [0, 0.05) is 37.8 Å². The molecule has 1 fully saturated rings. The number of hydrogen-bond acceptors (Lipinski definition) is 5. The highest BCUT2D eigenvalue weighted by atomic mass is 19.4. The van der Waals surface area contributed by atoms with Crippen LogP contribution in [0.1, 0.15) is 15.9 Å². The molecular formula is C13H14F3N3O3. The fraction of sp³-hybridized carbons (Fsp3) is 0.462. The quantitative estimate of drug-likeness (QED) is 0.486. The second-order valence-corrected chi connectivity index (χ2v) is 5.06. The van der Waals surface area contributed by atoms with Gasteiger partial charge in [0.25, 0.3) is 5.69 Å². The van der Waals surface area contributed by atoms with E-state index in [1.807, 2.05) is 11.9 Å². The molecule has 0 amide bonds. The van der Waals surface area contributed by atoms with Crippen molar-refractivity contribution in [2.24, 2.45) is 0 Å². The molecule has 1 saturated heterocycles. The SMILES string of the molecule is CN1CCN(c2c([N+](=O)[O-])ccc(C=O)c2C(F)(F)F)CC1. The van der Waals surface area contributed by atoms with Crippen molar-refractivity contribution in [1.82, 2.24) is 4.90 Å². The van der Waals surface area contributed by atoms with Crippen LogP contribution in [-0.4, -0.2) is 49.3 Å². The zero-order valence-corrected chi connectivity index (χ0v) is 11.8. The Morgan fingerprint density at radius 2 is 1.82 bits per heavy atom. The number of halogens is 3. The van der Waals surface area contributed by atoms with Crippen LogP contribution in [0.5, 0.6) is 0 Å². The minimum Gasteiger partial charge on any atom is -0.363 e. The zero-order valence-electron chi connectivity index (χ0n) is 11.8. The van der Waals surface area contributed by atoms with E-state index in [1.54, 1.807) is 0 Å². The first kappa shape index (κ1) is 16.2. The molecule has 0 atom stereocenters. The predicted octanol–water partition coefficient (Wildman–Crippen LogP) is 2.18. The second kappa shape index (κ2) is 5.91. The summed E-state index contributed by atoms with van der Waals surface area (Å²) in [5, 5.41) is 11.1. The zero-order chi connectivity index (χ0) is 16.5. The summed E-state index contributed by atoms with van der Waals surface area (Å²) in [5.74, 6) is 0.